The largest absolute Gasteiger partial charge is 0.465 e. The van der Waals surface area contributed by atoms with Crippen LogP contribution in [-0.4, -0.2) is 22.9 Å². The van der Waals surface area contributed by atoms with Crippen molar-refractivity contribution in [1.82, 2.24) is 9.78 Å². The Hall–Kier alpha value is -2.31. The van der Waals surface area contributed by atoms with E-state index in [-0.39, 0.29) is 5.69 Å². The summed E-state index contributed by atoms with van der Waals surface area (Å²) in [5, 5.41) is 3.95. The minimum absolute atomic E-state index is 0.214. The molecule has 1 heterocycles. The van der Waals surface area contributed by atoms with Crippen molar-refractivity contribution in [2.75, 3.05) is 7.11 Å². The Morgan fingerprint density at radius 1 is 1.30 bits per heavy atom. The molecular formula is C13H11F3N2O2. The first-order valence-corrected chi connectivity index (χ1v) is 5.65. The van der Waals surface area contributed by atoms with Gasteiger partial charge in [-0.2, -0.15) is 18.3 Å². The third-order valence-electron chi connectivity index (χ3n) is 2.70. The van der Waals surface area contributed by atoms with Gasteiger partial charge in [-0.05, 0) is 25.1 Å². The monoisotopic (exact) mass is 284 g/mol. The van der Waals surface area contributed by atoms with Gasteiger partial charge in [-0.3, -0.25) is 0 Å². The van der Waals surface area contributed by atoms with E-state index in [1.165, 1.54) is 18.3 Å². The first-order chi connectivity index (χ1) is 9.34. The highest BCUT2D eigenvalue weighted by atomic mass is 19.4. The van der Waals surface area contributed by atoms with E-state index in [1.54, 1.807) is 13.0 Å². The number of methoxy groups -OCH3 is 1. The smallest absolute Gasteiger partial charge is 0.419 e. The molecule has 0 aliphatic heterocycles. The highest BCUT2D eigenvalue weighted by Crippen LogP contribution is 2.36. The molecule has 20 heavy (non-hydrogen) atoms. The summed E-state index contributed by atoms with van der Waals surface area (Å²) in [6.45, 7) is 1.66. The zero-order chi connectivity index (χ0) is 14.9. The van der Waals surface area contributed by atoms with Gasteiger partial charge in [0.05, 0.1) is 29.6 Å². The number of esters is 1. The van der Waals surface area contributed by atoms with Gasteiger partial charge in [0, 0.05) is 6.20 Å². The molecule has 0 aliphatic carbocycles. The van der Waals surface area contributed by atoms with Crippen LogP contribution >= 0.6 is 0 Å². The highest BCUT2D eigenvalue weighted by molar-refractivity contribution is 5.92. The summed E-state index contributed by atoms with van der Waals surface area (Å²) in [5.74, 6) is -1.04. The van der Waals surface area contributed by atoms with Gasteiger partial charge in [0.1, 0.15) is 0 Å². The van der Waals surface area contributed by atoms with Crippen molar-refractivity contribution >= 4 is 5.97 Å². The van der Waals surface area contributed by atoms with Crippen LogP contribution in [0.2, 0.25) is 0 Å². The predicted octanol–water partition coefficient (Wildman–Crippen LogP) is 2.99. The van der Waals surface area contributed by atoms with Gasteiger partial charge in [0.25, 0.3) is 0 Å². The Kier molecular flexibility index (Phi) is 3.52. The molecule has 1 aromatic carbocycles. The number of ether oxygens (including phenoxy) is 1. The molecule has 0 amide bonds. The van der Waals surface area contributed by atoms with Crippen LogP contribution in [0, 0.1) is 6.92 Å². The molecule has 2 rings (SSSR count). The van der Waals surface area contributed by atoms with E-state index in [9.17, 15) is 18.0 Å². The van der Waals surface area contributed by atoms with Gasteiger partial charge in [-0.15, -0.1) is 0 Å². The van der Waals surface area contributed by atoms with Crippen LogP contribution in [0.3, 0.4) is 0 Å². The van der Waals surface area contributed by atoms with Crippen LogP contribution in [-0.2, 0) is 10.9 Å². The lowest BCUT2D eigenvalue weighted by Crippen LogP contribution is -2.18. The maximum Gasteiger partial charge on any atom is 0.419 e. The van der Waals surface area contributed by atoms with Crippen LogP contribution in [0.5, 0.6) is 0 Å². The van der Waals surface area contributed by atoms with Crippen molar-refractivity contribution in [3.63, 3.8) is 0 Å². The summed E-state index contributed by atoms with van der Waals surface area (Å²) < 4.78 is 45.2. The highest BCUT2D eigenvalue weighted by Gasteiger charge is 2.39. The number of carbonyl (C=O) groups excluding carboxylic acids is 1. The lowest BCUT2D eigenvalue weighted by molar-refractivity contribution is -0.138. The number of hydrogen-bond donors (Lipinski definition) is 0. The van der Waals surface area contributed by atoms with Crippen LogP contribution in [0.25, 0.3) is 5.69 Å². The molecule has 0 fully saturated rings. The Morgan fingerprint density at radius 2 is 2.00 bits per heavy atom. The second-order valence-electron chi connectivity index (χ2n) is 4.09. The third kappa shape index (κ3) is 2.52. The summed E-state index contributed by atoms with van der Waals surface area (Å²) in [7, 11) is 1.03. The van der Waals surface area contributed by atoms with E-state index < -0.39 is 23.3 Å². The Bertz CT molecular complexity index is 647. The fourth-order valence-corrected chi connectivity index (χ4v) is 1.86. The zero-order valence-corrected chi connectivity index (χ0v) is 10.7. The van der Waals surface area contributed by atoms with Crippen molar-refractivity contribution in [2.24, 2.45) is 0 Å². The fraction of sp³-hybridized carbons (Fsp3) is 0.231. The van der Waals surface area contributed by atoms with E-state index in [2.05, 4.69) is 9.84 Å². The van der Waals surface area contributed by atoms with E-state index in [0.717, 1.165) is 17.9 Å². The number of aromatic nitrogens is 2. The molecule has 0 atom stereocenters. The van der Waals surface area contributed by atoms with Crippen LogP contribution in [0.1, 0.15) is 21.6 Å². The number of alkyl halides is 3. The van der Waals surface area contributed by atoms with Gasteiger partial charge in [0.15, 0.2) is 0 Å². The van der Waals surface area contributed by atoms with Gasteiger partial charge in [-0.25, -0.2) is 9.48 Å². The lowest BCUT2D eigenvalue weighted by atomic mass is 10.0. The Labute approximate surface area is 112 Å². The maximum atomic E-state index is 13.2. The number of carbonyl (C=O) groups is 1. The van der Waals surface area contributed by atoms with Gasteiger partial charge < -0.3 is 4.74 Å². The molecule has 0 radical (unpaired) electrons. The van der Waals surface area contributed by atoms with Crippen molar-refractivity contribution in [3.05, 3.63) is 47.3 Å². The van der Waals surface area contributed by atoms with Crippen molar-refractivity contribution in [1.29, 1.82) is 0 Å². The lowest BCUT2D eigenvalue weighted by Gasteiger charge is -2.16. The summed E-state index contributed by atoms with van der Waals surface area (Å²) in [5.41, 5.74) is -1.24. The number of rotatable bonds is 2. The minimum Gasteiger partial charge on any atom is -0.465 e. The topological polar surface area (TPSA) is 44.1 Å². The maximum absolute atomic E-state index is 13.2. The van der Waals surface area contributed by atoms with E-state index >= 15 is 0 Å². The van der Waals surface area contributed by atoms with E-state index in [4.69, 9.17) is 0 Å². The normalized spacial score (nSPS) is 11.4. The molecule has 1 aromatic heterocycles. The number of halogens is 3. The molecular weight excluding hydrogens is 273 g/mol. The number of nitrogens with zero attached hydrogens (tertiary/aromatic N) is 2. The first kappa shape index (κ1) is 14.1. The average molecular weight is 284 g/mol. The van der Waals surface area contributed by atoms with Crippen molar-refractivity contribution in [3.8, 4) is 5.69 Å². The first-order valence-electron chi connectivity index (χ1n) is 5.65. The summed E-state index contributed by atoms with van der Waals surface area (Å²) in [4.78, 5) is 11.5. The quantitative estimate of drug-likeness (QED) is 0.796. The predicted molar refractivity (Wildman–Crippen MR) is 64.6 cm³/mol. The molecule has 106 valence electrons. The molecule has 0 spiro atoms. The van der Waals surface area contributed by atoms with Crippen molar-refractivity contribution < 1.29 is 22.7 Å². The average Bonchev–Trinajstić information content (AvgIpc) is 2.82. The van der Waals surface area contributed by atoms with Gasteiger partial charge in [0.2, 0.25) is 0 Å². The third-order valence-corrected chi connectivity index (χ3v) is 2.70. The minimum atomic E-state index is -4.69. The SMILES string of the molecule is COC(=O)c1cccc(-n2ccc(C)n2)c1C(F)(F)F. The number of hydrogen-bond acceptors (Lipinski definition) is 3. The van der Waals surface area contributed by atoms with Gasteiger partial charge in [-0.1, -0.05) is 6.07 Å². The van der Waals surface area contributed by atoms with Crippen LogP contribution in [0.15, 0.2) is 30.5 Å². The summed E-state index contributed by atoms with van der Waals surface area (Å²) in [6.07, 6.45) is -3.29. The van der Waals surface area contributed by atoms with Crippen molar-refractivity contribution in [2.45, 2.75) is 13.1 Å². The molecule has 7 heteroatoms. The van der Waals surface area contributed by atoms with Crippen LogP contribution < -0.4 is 0 Å². The molecule has 0 unspecified atom stereocenters. The van der Waals surface area contributed by atoms with E-state index in [1.807, 2.05) is 0 Å². The Morgan fingerprint density at radius 3 is 2.50 bits per heavy atom. The number of aryl methyl sites for hydroxylation is 1. The zero-order valence-electron chi connectivity index (χ0n) is 10.7. The van der Waals surface area contributed by atoms with Crippen LogP contribution in [0.4, 0.5) is 13.2 Å². The standard InChI is InChI=1S/C13H11F3N2O2/c1-8-6-7-18(17-8)10-5-3-4-9(12(19)20-2)11(10)13(14,15)16/h3-7H,1-2H3. The molecule has 4 nitrogen and oxygen atoms in total. The molecule has 2 aromatic rings. The van der Waals surface area contributed by atoms with E-state index in [0.29, 0.717) is 5.69 Å². The summed E-state index contributed by atoms with van der Waals surface area (Å²) >= 11 is 0. The fourth-order valence-electron chi connectivity index (χ4n) is 1.86. The second kappa shape index (κ2) is 4.99. The summed E-state index contributed by atoms with van der Waals surface area (Å²) in [6, 6.07) is 5.26. The second-order valence-corrected chi connectivity index (χ2v) is 4.09. The Balaban J connectivity index is 2.72. The molecule has 0 saturated carbocycles. The molecule has 0 saturated heterocycles. The van der Waals surface area contributed by atoms with Gasteiger partial charge >= 0.3 is 12.1 Å². The molecule has 0 bridgehead atoms. The molecule has 0 N–H and O–H groups in total. The molecule has 0 aliphatic rings. The number of benzene rings is 1.